The number of anilines is 1. The molecular weight excluding hydrogens is 741 g/mol. The van der Waals surface area contributed by atoms with Crippen molar-refractivity contribution in [3.63, 3.8) is 0 Å². The number of fused-ring (bicyclic) bond motifs is 1. The lowest BCUT2D eigenvalue weighted by Gasteiger charge is -2.25. The number of amides is 1. The summed E-state index contributed by atoms with van der Waals surface area (Å²) in [6.07, 6.45) is -3.44. The van der Waals surface area contributed by atoms with Gasteiger partial charge >= 0.3 is 6.18 Å². The van der Waals surface area contributed by atoms with Crippen LogP contribution in [0.1, 0.15) is 43.3 Å². The summed E-state index contributed by atoms with van der Waals surface area (Å²) >= 11 is 7.97. The van der Waals surface area contributed by atoms with Crippen LogP contribution in [0.3, 0.4) is 0 Å². The number of aryl methyl sites for hydroxylation is 1. The molecule has 3 heterocycles. The Kier molecular flexibility index (Phi) is 12.0. The maximum atomic E-state index is 14.5. The monoisotopic (exact) mass is 775 g/mol. The Balaban J connectivity index is 1.64. The first-order valence-corrected chi connectivity index (χ1v) is 17.7. The second-order valence-electron chi connectivity index (χ2n) is 12.6. The zero-order valence-corrected chi connectivity index (χ0v) is 30.5. The van der Waals surface area contributed by atoms with Gasteiger partial charge in [0, 0.05) is 41.8 Å². The smallest absolute Gasteiger partial charge is 0.378 e. The van der Waals surface area contributed by atoms with Crippen molar-refractivity contribution in [2.45, 2.75) is 44.5 Å². The number of ether oxygens (including phenoxy) is 1. The summed E-state index contributed by atoms with van der Waals surface area (Å²) in [6.45, 7) is 2.15. The van der Waals surface area contributed by atoms with Crippen molar-refractivity contribution in [1.29, 1.82) is 5.41 Å². The fourth-order valence-corrected chi connectivity index (χ4v) is 6.40. The summed E-state index contributed by atoms with van der Waals surface area (Å²) in [5.74, 6) is 3.61. The number of aromatic nitrogens is 3. The minimum absolute atomic E-state index is 0.0257. The number of rotatable bonds is 11. The Bertz CT molecular complexity index is 2130. The van der Waals surface area contributed by atoms with Crippen LogP contribution < -0.4 is 15.4 Å². The van der Waals surface area contributed by atoms with Gasteiger partial charge in [0.2, 0.25) is 5.91 Å². The highest BCUT2D eigenvalue weighted by molar-refractivity contribution is 7.99. The van der Waals surface area contributed by atoms with E-state index in [2.05, 4.69) is 32.3 Å². The zero-order chi connectivity index (χ0) is 38.7. The molecule has 1 aliphatic heterocycles. The summed E-state index contributed by atoms with van der Waals surface area (Å²) in [4.78, 5) is 18.4. The molecule has 1 aliphatic rings. The summed E-state index contributed by atoms with van der Waals surface area (Å²) in [5, 5.41) is 29.0. The van der Waals surface area contributed by atoms with Crippen molar-refractivity contribution in [2.75, 3.05) is 30.7 Å². The number of halogens is 6. The van der Waals surface area contributed by atoms with E-state index in [0.717, 1.165) is 12.1 Å². The number of hydrogen-bond acceptors (Lipinski definition) is 9. The van der Waals surface area contributed by atoms with Gasteiger partial charge in [0.15, 0.2) is 5.82 Å². The van der Waals surface area contributed by atoms with E-state index in [1.54, 1.807) is 36.0 Å². The van der Waals surface area contributed by atoms with Gasteiger partial charge in [0.1, 0.15) is 28.6 Å². The highest BCUT2D eigenvalue weighted by atomic mass is 35.5. The van der Waals surface area contributed by atoms with Crippen molar-refractivity contribution in [2.24, 2.45) is 7.05 Å². The lowest BCUT2D eigenvalue weighted by Crippen LogP contribution is -2.40. The van der Waals surface area contributed by atoms with Gasteiger partial charge in [0.05, 0.1) is 47.4 Å². The van der Waals surface area contributed by atoms with E-state index in [4.69, 9.17) is 26.7 Å². The van der Waals surface area contributed by atoms with Crippen LogP contribution in [-0.4, -0.2) is 69.3 Å². The molecule has 0 radical (unpaired) electrons. The van der Waals surface area contributed by atoms with Crippen LogP contribution in [0, 0.1) is 28.9 Å². The first-order valence-electron chi connectivity index (χ1n) is 16.1. The molecule has 1 unspecified atom stereocenters. The van der Waals surface area contributed by atoms with Crippen molar-refractivity contribution in [3.8, 4) is 23.0 Å². The minimum Gasteiger partial charge on any atom is -0.378 e. The third-order valence-corrected chi connectivity index (χ3v) is 8.74. The van der Waals surface area contributed by atoms with Gasteiger partial charge in [-0.15, -0.1) is 0 Å². The Labute approximate surface area is 311 Å². The molecule has 53 heavy (non-hydrogen) atoms. The number of carbonyl (C=O) groups is 1. The van der Waals surface area contributed by atoms with E-state index in [-0.39, 0.29) is 54.3 Å². The largest absolute Gasteiger partial charge is 0.432 e. The second kappa shape index (κ2) is 16.1. The zero-order valence-electron chi connectivity index (χ0n) is 28.9. The van der Waals surface area contributed by atoms with Crippen molar-refractivity contribution >= 4 is 51.9 Å². The summed E-state index contributed by atoms with van der Waals surface area (Å²) in [5.41, 5.74) is -1.05. The average Bonchev–Trinajstić information content (AvgIpc) is 3.41. The van der Waals surface area contributed by atoms with Gasteiger partial charge in [-0.1, -0.05) is 35.5 Å². The molecule has 0 bridgehead atoms. The highest BCUT2D eigenvalue weighted by Crippen LogP contribution is 2.40. The Hall–Kier alpha value is -4.69. The van der Waals surface area contributed by atoms with Gasteiger partial charge in [-0.2, -0.15) is 18.3 Å². The molecule has 10 nitrogen and oxygen atoms in total. The van der Waals surface area contributed by atoms with Crippen molar-refractivity contribution in [3.05, 3.63) is 87.3 Å². The molecule has 280 valence electrons. The van der Waals surface area contributed by atoms with E-state index in [9.17, 15) is 31.9 Å². The van der Waals surface area contributed by atoms with Crippen LogP contribution in [0.25, 0.3) is 22.0 Å². The van der Waals surface area contributed by atoms with Crippen LogP contribution in [-0.2, 0) is 23.0 Å². The molecule has 5 N–H and O–H groups in total. The predicted octanol–water partition coefficient (Wildman–Crippen LogP) is 6.63. The third-order valence-electron chi connectivity index (χ3n) is 8.03. The van der Waals surface area contributed by atoms with Crippen molar-refractivity contribution in [1.82, 2.24) is 25.4 Å². The topological polar surface area (TPSA) is 137 Å². The number of benzene rings is 2. The maximum Gasteiger partial charge on any atom is 0.432 e. The first-order chi connectivity index (χ1) is 24.9. The molecule has 0 saturated carbocycles. The van der Waals surface area contributed by atoms with Crippen LogP contribution in [0.15, 0.2) is 53.7 Å². The normalized spacial score (nSPS) is 14.1. The van der Waals surface area contributed by atoms with E-state index < -0.39 is 47.6 Å². The van der Waals surface area contributed by atoms with Gasteiger partial charge in [-0.25, -0.2) is 13.8 Å². The molecule has 17 heteroatoms. The number of nitrogens with one attached hydrogen (secondary N) is 4. The average molecular weight is 776 g/mol. The number of hydrogen-bond donors (Lipinski definition) is 5. The van der Waals surface area contributed by atoms with Crippen LogP contribution in [0.4, 0.5) is 27.8 Å². The van der Waals surface area contributed by atoms with Crippen LogP contribution >= 0.6 is 23.5 Å². The Morgan fingerprint density at radius 2 is 1.85 bits per heavy atom. The summed E-state index contributed by atoms with van der Waals surface area (Å²) in [6, 6.07) is 8.57. The van der Waals surface area contributed by atoms with E-state index in [1.807, 2.05) is 6.26 Å². The molecule has 1 atom stereocenters. The molecule has 4 aromatic rings. The number of nitrogens with zero attached hydrogens (tertiary/aromatic N) is 3. The fraction of sp³-hybridized carbons (Fsp3) is 0.333. The van der Waals surface area contributed by atoms with Crippen molar-refractivity contribution < 1.29 is 36.6 Å². The molecule has 5 rings (SSSR count). The lowest BCUT2D eigenvalue weighted by atomic mass is 9.93. The predicted molar refractivity (Wildman–Crippen MR) is 194 cm³/mol. The van der Waals surface area contributed by atoms with Crippen LogP contribution in [0.5, 0.6) is 0 Å². The second-order valence-corrected chi connectivity index (χ2v) is 13.6. The van der Waals surface area contributed by atoms with Gasteiger partial charge in [-0.3, -0.25) is 14.9 Å². The number of carbonyl (C=O) groups excluding carboxylic acids is 1. The van der Waals surface area contributed by atoms with Gasteiger partial charge < -0.3 is 25.2 Å². The van der Waals surface area contributed by atoms with E-state index in [1.165, 1.54) is 25.8 Å². The fourth-order valence-electron chi connectivity index (χ4n) is 5.82. The molecule has 2 aromatic carbocycles. The van der Waals surface area contributed by atoms with Gasteiger partial charge in [-0.05, 0) is 68.5 Å². The molecule has 0 fully saturated rings. The quantitative estimate of drug-likeness (QED) is 0.0496. The molecule has 0 spiro atoms. The summed E-state index contributed by atoms with van der Waals surface area (Å²) < 4.78 is 79.3. The summed E-state index contributed by atoms with van der Waals surface area (Å²) in [7, 11) is 1.72. The number of alkyl halides is 3. The minimum atomic E-state index is -4.90. The molecule has 0 aliphatic carbocycles. The number of pyridine rings is 1. The van der Waals surface area contributed by atoms with E-state index >= 15 is 0 Å². The standard InChI is InChI=1S/C36H35ClF5N7O3S/c1-35(2,51)11-9-22-5-6-23(24-7-8-26(37)30-32(24)49(3)47-34(30)48-53-4)31(45-22)27(15-19-13-20(38)16-21(39)14-19)46-29(50)17-44-28-18-52-12-10-25(28)33(43)36(40,41)42/h5-8,13-14,16,27,43-44,51H,10,12,15,17-18H2,1-4H3,(H,46,50)(H,47,48). The van der Waals surface area contributed by atoms with Crippen LogP contribution in [0.2, 0.25) is 5.02 Å². The van der Waals surface area contributed by atoms with E-state index in [0.29, 0.717) is 38.9 Å². The maximum absolute atomic E-state index is 14.5. The Morgan fingerprint density at radius 3 is 2.51 bits per heavy atom. The Morgan fingerprint density at radius 1 is 1.15 bits per heavy atom. The molecule has 2 aromatic heterocycles. The molecular formula is C36H35ClF5N7O3S. The van der Waals surface area contributed by atoms with Gasteiger partial charge in [0.25, 0.3) is 0 Å². The number of aliphatic hydroxyl groups is 1. The lowest BCUT2D eigenvalue weighted by molar-refractivity contribution is -0.120. The SMILES string of the molecule is CSNc1nn(C)c2c(-c3ccc(C#CC(C)(C)O)nc3C(Cc3cc(F)cc(F)c3)NC(=O)CNC3=C(C(=N)C(F)(F)F)CCOC3)ccc(Cl)c12. The molecule has 1 amide bonds. The highest BCUT2D eigenvalue weighted by Gasteiger charge is 2.38. The third kappa shape index (κ3) is 9.65. The first kappa shape index (κ1) is 39.5. The molecule has 0 saturated heterocycles.